The van der Waals surface area contributed by atoms with Gasteiger partial charge in [-0.3, -0.25) is 0 Å². The maximum absolute atomic E-state index is 13.1. The van der Waals surface area contributed by atoms with Crippen molar-refractivity contribution >= 4 is 11.6 Å². The molecule has 2 rings (SSSR count). The Morgan fingerprint density at radius 2 is 2.24 bits per heavy atom. The highest BCUT2D eigenvalue weighted by molar-refractivity contribution is 6.31. The zero-order chi connectivity index (χ0) is 12.3. The van der Waals surface area contributed by atoms with E-state index < -0.39 is 0 Å². The summed E-state index contributed by atoms with van der Waals surface area (Å²) in [5.41, 5.74) is 1.81. The van der Waals surface area contributed by atoms with Crippen molar-refractivity contribution in [3.63, 3.8) is 0 Å². The van der Waals surface area contributed by atoms with Crippen LogP contribution >= 0.6 is 11.6 Å². The number of furan rings is 1. The molecule has 0 saturated carbocycles. The second-order valence-electron chi connectivity index (χ2n) is 3.84. The van der Waals surface area contributed by atoms with Gasteiger partial charge in [0.1, 0.15) is 5.82 Å². The molecule has 1 aromatic carbocycles. The van der Waals surface area contributed by atoms with Crippen molar-refractivity contribution in [1.29, 1.82) is 0 Å². The summed E-state index contributed by atoms with van der Waals surface area (Å²) < 4.78 is 18.2. The molecule has 2 nitrogen and oxygen atoms in total. The first-order valence-electron chi connectivity index (χ1n) is 5.34. The molecule has 4 heteroatoms. The first-order chi connectivity index (χ1) is 8.20. The lowest BCUT2D eigenvalue weighted by Crippen LogP contribution is -2.18. The van der Waals surface area contributed by atoms with E-state index in [9.17, 15) is 4.39 Å². The fraction of sp³-hybridized carbons (Fsp3) is 0.231. The lowest BCUT2D eigenvalue weighted by molar-refractivity contribution is 0.541. The van der Waals surface area contributed by atoms with Crippen LogP contribution < -0.4 is 5.32 Å². The standard InChI is InChI=1S/C13H13ClFNO/c1-16-13(9-4-5-17-8-9)7-10-6-11(15)2-3-12(10)14/h2-6,8,13,16H,7H2,1H3. The van der Waals surface area contributed by atoms with Crippen LogP contribution in [0.25, 0.3) is 0 Å². The summed E-state index contributed by atoms with van der Waals surface area (Å²) in [6.45, 7) is 0. The summed E-state index contributed by atoms with van der Waals surface area (Å²) >= 11 is 6.04. The largest absolute Gasteiger partial charge is 0.472 e. The number of hydrogen-bond acceptors (Lipinski definition) is 2. The molecular formula is C13H13ClFNO. The Morgan fingerprint density at radius 1 is 1.41 bits per heavy atom. The molecule has 1 atom stereocenters. The minimum atomic E-state index is -0.272. The third kappa shape index (κ3) is 2.87. The molecule has 1 unspecified atom stereocenters. The van der Waals surface area contributed by atoms with Crippen LogP contribution in [-0.4, -0.2) is 7.05 Å². The molecule has 0 radical (unpaired) electrons. The molecule has 1 N–H and O–H groups in total. The highest BCUT2D eigenvalue weighted by Gasteiger charge is 2.13. The summed E-state index contributed by atoms with van der Waals surface area (Å²) in [5, 5.41) is 3.74. The lowest BCUT2D eigenvalue weighted by atomic mass is 10.0. The highest BCUT2D eigenvalue weighted by Crippen LogP contribution is 2.24. The van der Waals surface area contributed by atoms with Gasteiger partial charge < -0.3 is 9.73 Å². The first kappa shape index (κ1) is 12.1. The highest BCUT2D eigenvalue weighted by atomic mass is 35.5. The SMILES string of the molecule is CNC(Cc1cc(F)ccc1Cl)c1ccoc1. The van der Waals surface area contributed by atoms with Crippen LogP contribution in [0.2, 0.25) is 5.02 Å². The van der Waals surface area contributed by atoms with Gasteiger partial charge in [-0.25, -0.2) is 4.39 Å². The van der Waals surface area contributed by atoms with E-state index in [2.05, 4.69) is 5.32 Å². The van der Waals surface area contributed by atoms with Crippen molar-refractivity contribution in [3.8, 4) is 0 Å². The van der Waals surface area contributed by atoms with Gasteiger partial charge in [0.2, 0.25) is 0 Å². The number of nitrogens with one attached hydrogen (secondary N) is 1. The second kappa shape index (κ2) is 5.34. The Kier molecular flexibility index (Phi) is 3.82. The Morgan fingerprint density at radius 3 is 2.88 bits per heavy atom. The van der Waals surface area contributed by atoms with Crippen molar-refractivity contribution in [2.75, 3.05) is 7.05 Å². The molecule has 90 valence electrons. The molecule has 0 aliphatic rings. The predicted molar refractivity (Wildman–Crippen MR) is 65.6 cm³/mol. The molecule has 1 aromatic heterocycles. The predicted octanol–water partition coefficient (Wildman–Crippen LogP) is 3.58. The topological polar surface area (TPSA) is 25.2 Å². The first-order valence-corrected chi connectivity index (χ1v) is 5.72. The Bertz CT molecular complexity index is 484. The van der Waals surface area contributed by atoms with Gasteiger partial charge in [-0.05, 0) is 43.3 Å². The van der Waals surface area contributed by atoms with Crippen molar-refractivity contribution in [2.45, 2.75) is 12.5 Å². The van der Waals surface area contributed by atoms with Gasteiger partial charge in [0.05, 0.1) is 12.5 Å². The molecule has 2 aromatic rings. The van der Waals surface area contributed by atoms with E-state index in [-0.39, 0.29) is 11.9 Å². The fourth-order valence-corrected chi connectivity index (χ4v) is 1.97. The molecule has 1 heterocycles. The smallest absolute Gasteiger partial charge is 0.123 e. The molecule has 0 aliphatic heterocycles. The van der Waals surface area contributed by atoms with Crippen LogP contribution in [0.4, 0.5) is 4.39 Å². The molecule has 17 heavy (non-hydrogen) atoms. The van der Waals surface area contributed by atoms with Crippen LogP contribution in [0.15, 0.2) is 41.2 Å². The van der Waals surface area contributed by atoms with Gasteiger partial charge in [-0.2, -0.15) is 0 Å². The quantitative estimate of drug-likeness (QED) is 0.901. The summed E-state index contributed by atoms with van der Waals surface area (Å²) in [5.74, 6) is -0.272. The Hall–Kier alpha value is -1.32. The van der Waals surface area contributed by atoms with E-state index in [0.29, 0.717) is 11.4 Å². The maximum Gasteiger partial charge on any atom is 0.123 e. The van der Waals surface area contributed by atoms with E-state index in [1.165, 1.54) is 12.1 Å². The monoisotopic (exact) mass is 253 g/mol. The maximum atomic E-state index is 13.1. The van der Waals surface area contributed by atoms with Crippen molar-refractivity contribution in [1.82, 2.24) is 5.32 Å². The van der Waals surface area contributed by atoms with Crippen molar-refractivity contribution in [2.24, 2.45) is 0 Å². The number of hydrogen-bond donors (Lipinski definition) is 1. The van der Waals surface area contributed by atoms with E-state index in [1.54, 1.807) is 18.6 Å². The number of likely N-dealkylation sites (N-methyl/N-ethyl adjacent to an activating group) is 1. The van der Waals surface area contributed by atoms with E-state index >= 15 is 0 Å². The van der Waals surface area contributed by atoms with E-state index in [4.69, 9.17) is 16.0 Å². The molecular weight excluding hydrogens is 241 g/mol. The summed E-state index contributed by atoms with van der Waals surface area (Å²) in [7, 11) is 1.85. The molecule has 0 aliphatic carbocycles. The molecule has 0 amide bonds. The summed E-state index contributed by atoms with van der Waals surface area (Å²) in [6, 6.07) is 6.35. The zero-order valence-electron chi connectivity index (χ0n) is 9.41. The van der Waals surface area contributed by atoms with Gasteiger partial charge in [0.25, 0.3) is 0 Å². The molecule has 0 fully saturated rings. The summed E-state index contributed by atoms with van der Waals surface area (Å²) in [6.07, 6.45) is 3.91. The van der Waals surface area contributed by atoms with Crippen LogP contribution in [0.3, 0.4) is 0 Å². The van der Waals surface area contributed by atoms with Crippen LogP contribution in [-0.2, 0) is 6.42 Å². The Balaban J connectivity index is 2.21. The zero-order valence-corrected chi connectivity index (χ0v) is 10.2. The van der Waals surface area contributed by atoms with Gasteiger partial charge in [-0.15, -0.1) is 0 Å². The van der Waals surface area contributed by atoms with E-state index in [0.717, 1.165) is 11.1 Å². The fourth-order valence-electron chi connectivity index (χ4n) is 1.78. The van der Waals surface area contributed by atoms with Crippen LogP contribution in [0, 0.1) is 5.82 Å². The van der Waals surface area contributed by atoms with Gasteiger partial charge in [0, 0.05) is 16.6 Å². The minimum Gasteiger partial charge on any atom is -0.472 e. The normalized spacial score (nSPS) is 12.6. The van der Waals surface area contributed by atoms with Gasteiger partial charge in [-0.1, -0.05) is 11.6 Å². The Labute approximate surface area is 104 Å². The van der Waals surface area contributed by atoms with Gasteiger partial charge >= 0.3 is 0 Å². The third-order valence-corrected chi connectivity index (χ3v) is 3.09. The van der Waals surface area contributed by atoms with Crippen molar-refractivity contribution < 1.29 is 8.81 Å². The van der Waals surface area contributed by atoms with Crippen LogP contribution in [0.5, 0.6) is 0 Å². The molecule has 0 bridgehead atoms. The van der Waals surface area contributed by atoms with Crippen LogP contribution in [0.1, 0.15) is 17.2 Å². The van der Waals surface area contributed by atoms with Crippen molar-refractivity contribution in [3.05, 3.63) is 58.8 Å². The lowest BCUT2D eigenvalue weighted by Gasteiger charge is -2.15. The number of halogens is 2. The minimum absolute atomic E-state index is 0.0630. The average molecular weight is 254 g/mol. The molecule has 0 spiro atoms. The van der Waals surface area contributed by atoms with Gasteiger partial charge in [0.15, 0.2) is 0 Å². The number of benzene rings is 1. The summed E-state index contributed by atoms with van der Waals surface area (Å²) in [4.78, 5) is 0. The third-order valence-electron chi connectivity index (χ3n) is 2.73. The van der Waals surface area contributed by atoms with E-state index in [1.807, 2.05) is 13.1 Å². The number of rotatable bonds is 4. The second-order valence-corrected chi connectivity index (χ2v) is 4.25. The molecule has 0 saturated heterocycles. The average Bonchev–Trinajstić information content (AvgIpc) is 2.84.